The summed E-state index contributed by atoms with van der Waals surface area (Å²) in [6.07, 6.45) is -0.248. The Bertz CT molecular complexity index is 243. The fourth-order valence-corrected chi connectivity index (χ4v) is 1.75. The van der Waals surface area contributed by atoms with Crippen molar-refractivity contribution < 1.29 is 24.5 Å². The second-order valence-electron chi connectivity index (χ2n) is 4.18. The Balaban J connectivity index is 2.49. The van der Waals surface area contributed by atoms with E-state index < -0.39 is 11.6 Å². The van der Waals surface area contributed by atoms with Gasteiger partial charge < -0.3 is 19.7 Å². The molecule has 2 unspecified atom stereocenters. The van der Waals surface area contributed by atoms with E-state index in [1.807, 2.05) is 4.90 Å². The molecule has 2 N–H and O–H groups in total. The summed E-state index contributed by atoms with van der Waals surface area (Å²) >= 11 is 0. The van der Waals surface area contributed by atoms with Crippen molar-refractivity contribution in [3.8, 4) is 0 Å². The van der Waals surface area contributed by atoms with Crippen LogP contribution in [0.3, 0.4) is 0 Å². The van der Waals surface area contributed by atoms with Crippen LogP contribution in [0, 0.1) is 0 Å². The van der Waals surface area contributed by atoms with Gasteiger partial charge in [-0.15, -0.1) is 0 Å². The van der Waals surface area contributed by atoms with Gasteiger partial charge in [0, 0.05) is 19.6 Å². The third-order valence-corrected chi connectivity index (χ3v) is 2.58. The van der Waals surface area contributed by atoms with Crippen LogP contribution < -0.4 is 0 Å². The van der Waals surface area contributed by atoms with Gasteiger partial charge in [-0.05, 0) is 6.92 Å². The molecule has 1 aliphatic rings. The highest BCUT2D eigenvalue weighted by Gasteiger charge is 2.35. The van der Waals surface area contributed by atoms with Gasteiger partial charge in [-0.1, -0.05) is 0 Å². The molecule has 0 aromatic carbocycles. The maximum Gasteiger partial charge on any atom is 0.338 e. The monoisotopic (exact) mass is 233 g/mol. The molecule has 0 saturated carbocycles. The van der Waals surface area contributed by atoms with E-state index >= 15 is 0 Å². The van der Waals surface area contributed by atoms with Gasteiger partial charge in [0.25, 0.3) is 0 Å². The van der Waals surface area contributed by atoms with Gasteiger partial charge in [0.1, 0.15) is 0 Å². The minimum Gasteiger partial charge on any atom is -0.467 e. The topological polar surface area (TPSA) is 79.2 Å². The summed E-state index contributed by atoms with van der Waals surface area (Å²) in [6.45, 7) is 3.16. The molecular formula is C10H19NO5. The van der Waals surface area contributed by atoms with Gasteiger partial charge in [-0.3, -0.25) is 4.90 Å². The third kappa shape index (κ3) is 3.41. The number of hydrogen-bond acceptors (Lipinski definition) is 6. The van der Waals surface area contributed by atoms with Crippen molar-refractivity contribution in [1.82, 2.24) is 4.90 Å². The summed E-state index contributed by atoms with van der Waals surface area (Å²) in [4.78, 5) is 13.2. The normalized spacial score (nSPS) is 26.1. The van der Waals surface area contributed by atoms with E-state index in [1.54, 1.807) is 0 Å². The van der Waals surface area contributed by atoms with E-state index in [-0.39, 0.29) is 19.3 Å². The van der Waals surface area contributed by atoms with Gasteiger partial charge in [0.05, 0.1) is 26.4 Å². The van der Waals surface area contributed by atoms with Crippen LogP contribution in [0.4, 0.5) is 0 Å². The van der Waals surface area contributed by atoms with Crippen LogP contribution in [-0.4, -0.2) is 72.7 Å². The van der Waals surface area contributed by atoms with Gasteiger partial charge >= 0.3 is 5.97 Å². The van der Waals surface area contributed by atoms with Crippen molar-refractivity contribution in [3.63, 3.8) is 0 Å². The van der Waals surface area contributed by atoms with Crippen LogP contribution in [0.15, 0.2) is 0 Å². The number of carbonyl (C=O) groups excluding carboxylic acids is 1. The number of aliphatic hydroxyl groups is 2. The lowest BCUT2D eigenvalue weighted by molar-refractivity contribution is -0.164. The second-order valence-corrected chi connectivity index (χ2v) is 4.18. The van der Waals surface area contributed by atoms with Crippen molar-refractivity contribution in [3.05, 3.63) is 0 Å². The Morgan fingerprint density at radius 2 is 2.38 bits per heavy atom. The Labute approximate surface area is 94.8 Å². The molecule has 6 heteroatoms. The van der Waals surface area contributed by atoms with Crippen LogP contribution >= 0.6 is 0 Å². The molecule has 0 amide bonds. The number of esters is 1. The van der Waals surface area contributed by atoms with E-state index in [4.69, 9.17) is 9.84 Å². The van der Waals surface area contributed by atoms with Crippen molar-refractivity contribution in [2.45, 2.75) is 18.6 Å². The third-order valence-electron chi connectivity index (χ3n) is 2.58. The molecule has 0 radical (unpaired) electrons. The number of ether oxygens (including phenoxy) is 2. The van der Waals surface area contributed by atoms with Gasteiger partial charge in [-0.2, -0.15) is 0 Å². The summed E-state index contributed by atoms with van der Waals surface area (Å²) in [5, 5.41) is 18.8. The van der Waals surface area contributed by atoms with E-state index in [9.17, 15) is 9.90 Å². The molecule has 0 aromatic heterocycles. The molecule has 0 bridgehead atoms. The SMILES string of the molecule is COC(=O)C(C)(O)CN1CCOC(CO)C1. The van der Waals surface area contributed by atoms with Crippen LogP contribution in [0.2, 0.25) is 0 Å². The predicted octanol–water partition coefficient (Wildman–Crippen LogP) is -1.40. The van der Waals surface area contributed by atoms with Crippen LogP contribution in [-0.2, 0) is 14.3 Å². The van der Waals surface area contributed by atoms with E-state index in [0.717, 1.165) is 0 Å². The van der Waals surface area contributed by atoms with Crippen molar-refractivity contribution in [2.75, 3.05) is 40.0 Å². The van der Waals surface area contributed by atoms with Crippen molar-refractivity contribution in [2.24, 2.45) is 0 Å². The van der Waals surface area contributed by atoms with E-state index in [2.05, 4.69) is 4.74 Å². The molecule has 1 fully saturated rings. The zero-order valence-electron chi connectivity index (χ0n) is 9.68. The first-order valence-electron chi connectivity index (χ1n) is 5.25. The molecule has 1 saturated heterocycles. The number of aliphatic hydroxyl groups excluding tert-OH is 1. The molecule has 1 heterocycles. The molecule has 2 atom stereocenters. The zero-order chi connectivity index (χ0) is 12.2. The Morgan fingerprint density at radius 1 is 1.69 bits per heavy atom. The highest BCUT2D eigenvalue weighted by Crippen LogP contribution is 2.12. The zero-order valence-corrected chi connectivity index (χ0v) is 9.68. The molecule has 1 aliphatic heterocycles. The summed E-state index contributed by atoms with van der Waals surface area (Å²) < 4.78 is 9.78. The number of hydrogen-bond donors (Lipinski definition) is 2. The number of β-amino-alcohol motifs (C(OH)–C–C–N with tert-alkyl or cyclic N) is 1. The molecular weight excluding hydrogens is 214 g/mol. The van der Waals surface area contributed by atoms with Crippen LogP contribution in [0.1, 0.15) is 6.92 Å². The number of carbonyl (C=O) groups is 1. The number of morpholine rings is 1. The summed E-state index contributed by atoms with van der Waals surface area (Å²) in [5.74, 6) is -0.653. The molecule has 0 aromatic rings. The highest BCUT2D eigenvalue weighted by molar-refractivity contribution is 5.78. The maximum atomic E-state index is 11.3. The van der Waals surface area contributed by atoms with Gasteiger partial charge in [0.2, 0.25) is 0 Å². The lowest BCUT2D eigenvalue weighted by Crippen LogP contribution is -2.53. The predicted molar refractivity (Wildman–Crippen MR) is 55.9 cm³/mol. The molecule has 6 nitrogen and oxygen atoms in total. The molecule has 1 rings (SSSR count). The number of nitrogens with zero attached hydrogens (tertiary/aromatic N) is 1. The fraction of sp³-hybridized carbons (Fsp3) is 0.900. The molecule has 0 spiro atoms. The average molecular weight is 233 g/mol. The summed E-state index contributed by atoms with van der Waals surface area (Å²) in [5.41, 5.74) is -1.52. The van der Waals surface area contributed by atoms with E-state index in [0.29, 0.717) is 19.7 Å². The van der Waals surface area contributed by atoms with Gasteiger partial charge in [0.15, 0.2) is 5.60 Å². The largest absolute Gasteiger partial charge is 0.467 e. The lowest BCUT2D eigenvalue weighted by Gasteiger charge is -2.35. The first kappa shape index (κ1) is 13.4. The minimum atomic E-state index is -1.52. The van der Waals surface area contributed by atoms with E-state index in [1.165, 1.54) is 14.0 Å². The number of rotatable bonds is 4. The Kier molecular flexibility index (Phi) is 4.67. The maximum absolute atomic E-state index is 11.3. The Morgan fingerprint density at radius 3 is 2.94 bits per heavy atom. The van der Waals surface area contributed by atoms with Gasteiger partial charge in [-0.25, -0.2) is 4.79 Å². The lowest BCUT2D eigenvalue weighted by atomic mass is 10.1. The minimum absolute atomic E-state index is 0.0587. The molecule has 94 valence electrons. The molecule has 16 heavy (non-hydrogen) atoms. The standard InChI is InChI=1S/C10H19NO5/c1-10(14,9(13)15-2)7-11-3-4-16-8(5-11)6-12/h8,12,14H,3-7H2,1-2H3. The second kappa shape index (κ2) is 5.58. The average Bonchev–Trinajstić information content (AvgIpc) is 2.27. The van der Waals surface area contributed by atoms with Crippen molar-refractivity contribution >= 4 is 5.97 Å². The summed E-state index contributed by atoms with van der Waals surface area (Å²) in [7, 11) is 1.24. The van der Waals surface area contributed by atoms with Crippen molar-refractivity contribution in [1.29, 1.82) is 0 Å². The fourth-order valence-electron chi connectivity index (χ4n) is 1.75. The first-order chi connectivity index (χ1) is 7.49. The summed E-state index contributed by atoms with van der Waals surface area (Å²) in [6, 6.07) is 0. The quantitative estimate of drug-likeness (QED) is 0.582. The molecule has 0 aliphatic carbocycles. The smallest absolute Gasteiger partial charge is 0.338 e. The number of methoxy groups -OCH3 is 1. The van der Waals surface area contributed by atoms with Crippen LogP contribution in [0.5, 0.6) is 0 Å². The first-order valence-corrected chi connectivity index (χ1v) is 5.25. The Hall–Kier alpha value is -0.690. The highest BCUT2D eigenvalue weighted by atomic mass is 16.5. The van der Waals surface area contributed by atoms with Crippen LogP contribution in [0.25, 0.3) is 0 Å².